The summed E-state index contributed by atoms with van der Waals surface area (Å²) in [5.74, 6) is 6.90. The number of fused-ring (bicyclic) bond motifs is 1. The van der Waals surface area contributed by atoms with Gasteiger partial charge in [0.15, 0.2) is 5.82 Å². The molecule has 0 radical (unpaired) electrons. The highest BCUT2D eigenvalue weighted by Crippen LogP contribution is 2.41. The number of hydrogen-bond acceptors (Lipinski definition) is 4. The van der Waals surface area contributed by atoms with Crippen molar-refractivity contribution in [3.8, 4) is 23.4 Å². The van der Waals surface area contributed by atoms with Gasteiger partial charge in [0.25, 0.3) is 0 Å². The van der Waals surface area contributed by atoms with Crippen LogP contribution >= 0.6 is 0 Å². The van der Waals surface area contributed by atoms with E-state index < -0.39 is 23.2 Å². The van der Waals surface area contributed by atoms with Crippen LogP contribution in [0.2, 0.25) is 0 Å². The summed E-state index contributed by atoms with van der Waals surface area (Å²) >= 11 is 0. The Hall–Kier alpha value is -2.77. The molecule has 34 heavy (non-hydrogen) atoms. The number of rotatable bonds is 6. The van der Waals surface area contributed by atoms with Crippen molar-refractivity contribution in [2.24, 2.45) is 0 Å². The van der Waals surface area contributed by atoms with E-state index in [-0.39, 0.29) is 10.9 Å². The molecule has 1 N–H and O–H groups in total. The van der Waals surface area contributed by atoms with E-state index in [9.17, 15) is 17.4 Å². The number of pyridine rings is 1. The lowest BCUT2D eigenvalue weighted by Gasteiger charge is -2.29. The monoisotopic (exact) mass is 489 g/mol. The highest BCUT2D eigenvalue weighted by molar-refractivity contribution is 7.83. The number of hydrogen-bond donors (Lipinski definition) is 1. The maximum atomic E-state index is 12.8. The van der Waals surface area contributed by atoms with Crippen LogP contribution in [0, 0.1) is 18.8 Å². The Morgan fingerprint density at radius 2 is 1.94 bits per heavy atom. The molecule has 3 heterocycles. The minimum absolute atomic E-state index is 0.0683. The summed E-state index contributed by atoms with van der Waals surface area (Å²) in [4.78, 5) is 13.6. The summed E-state index contributed by atoms with van der Waals surface area (Å²) in [6.07, 6.45) is 4.75. The lowest BCUT2D eigenvalue weighted by molar-refractivity contribution is -0.146. The fourth-order valence-corrected chi connectivity index (χ4v) is 4.63. The zero-order chi connectivity index (χ0) is 24.5. The van der Waals surface area contributed by atoms with Gasteiger partial charge in [-0.1, -0.05) is 18.8 Å². The first-order chi connectivity index (χ1) is 16.2. The molecule has 1 saturated carbocycles. The van der Waals surface area contributed by atoms with Gasteiger partial charge in [0.2, 0.25) is 0 Å². The van der Waals surface area contributed by atoms with Crippen molar-refractivity contribution in [1.82, 2.24) is 24.2 Å². The van der Waals surface area contributed by atoms with E-state index in [1.54, 1.807) is 0 Å². The fourth-order valence-electron chi connectivity index (χ4n) is 3.74. The topological polar surface area (TPSA) is 72.7 Å². The van der Waals surface area contributed by atoms with E-state index in [0.717, 1.165) is 66.9 Å². The Labute approximate surface area is 199 Å². The van der Waals surface area contributed by atoms with Gasteiger partial charge < -0.3 is 4.57 Å². The number of aromatic nitrogens is 4. The Morgan fingerprint density at radius 1 is 1.24 bits per heavy atom. The molecule has 3 aromatic heterocycles. The van der Waals surface area contributed by atoms with Crippen LogP contribution in [-0.2, 0) is 11.0 Å². The SMILES string of the molecule is CCCC#Cc1c(-c2ncc(S(=O)NC(C)C(F)(F)F)cn2)n(C2CCC2)c2ncc(C)cc12. The molecule has 0 bridgehead atoms. The Bertz CT molecular complexity index is 1270. The van der Waals surface area contributed by atoms with E-state index in [1.807, 2.05) is 17.8 Å². The Morgan fingerprint density at radius 3 is 2.53 bits per heavy atom. The Kier molecular flexibility index (Phi) is 7.05. The van der Waals surface area contributed by atoms with Gasteiger partial charge in [-0.2, -0.15) is 13.2 Å². The van der Waals surface area contributed by atoms with Gasteiger partial charge in [-0.15, -0.1) is 0 Å². The van der Waals surface area contributed by atoms with Gasteiger partial charge in [-0.25, -0.2) is 23.9 Å². The zero-order valence-electron chi connectivity index (χ0n) is 19.2. The van der Waals surface area contributed by atoms with Crippen LogP contribution in [0.5, 0.6) is 0 Å². The predicted molar refractivity (Wildman–Crippen MR) is 125 cm³/mol. The second kappa shape index (κ2) is 9.84. The van der Waals surface area contributed by atoms with E-state index >= 15 is 0 Å². The fraction of sp³-hybridized carbons (Fsp3) is 0.458. The van der Waals surface area contributed by atoms with Gasteiger partial charge in [0.1, 0.15) is 28.4 Å². The van der Waals surface area contributed by atoms with Crippen LogP contribution in [0.15, 0.2) is 29.6 Å². The lowest BCUT2D eigenvalue weighted by Crippen LogP contribution is -2.40. The van der Waals surface area contributed by atoms with E-state index in [2.05, 4.69) is 39.4 Å². The van der Waals surface area contributed by atoms with Crippen LogP contribution in [0.3, 0.4) is 0 Å². The largest absolute Gasteiger partial charge is 0.404 e. The molecular weight excluding hydrogens is 463 g/mol. The van der Waals surface area contributed by atoms with Gasteiger partial charge in [0.05, 0.1) is 10.5 Å². The molecule has 1 fully saturated rings. The van der Waals surface area contributed by atoms with Crippen LogP contribution in [0.25, 0.3) is 22.6 Å². The van der Waals surface area contributed by atoms with Crippen molar-refractivity contribution < 1.29 is 17.4 Å². The predicted octanol–water partition coefficient (Wildman–Crippen LogP) is 5.24. The average Bonchev–Trinajstić information content (AvgIpc) is 3.05. The second-order valence-electron chi connectivity index (χ2n) is 8.51. The quantitative estimate of drug-likeness (QED) is 0.481. The lowest BCUT2D eigenvalue weighted by atomic mass is 9.92. The van der Waals surface area contributed by atoms with Gasteiger partial charge in [-0.3, -0.25) is 0 Å². The van der Waals surface area contributed by atoms with Gasteiger partial charge >= 0.3 is 6.18 Å². The summed E-state index contributed by atoms with van der Waals surface area (Å²) in [6, 6.07) is 0.382. The molecule has 1 aliphatic carbocycles. The summed E-state index contributed by atoms with van der Waals surface area (Å²) < 4.78 is 55.0. The molecule has 4 rings (SSSR count). The van der Waals surface area contributed by atoms with Crippen molar-refractivity contribution in [2.75, 3.05) is 0 Å². The van der Waals surface area contributed by atoms with Crippen LogP contribution in [-0.4, -0.2) is 35.9 Å². The van der Waals surface area contributed by atoms with E-state index in [4.69, 9.17) is 4.98 Å². The molecule has 0 spiro atoms. The first-order valence-corrected chi connectivity index (χ1v) is 12.4. The zero-order valence-corrected chi connectivity index (χ0v) is 20.1. The number of alkyl halides is 3. The molecule has 0 amide bonds. The van der Waals surface area contributed by atoms with Crippen LogP contribution in [0.1, 0.15) is 63.1 Å². The van der Waals surface area contributed by atoms with Crippen LogP contribution < -0.4 is 4.72 Å². The molecule has 0 aliphatic heterocycles. The van der Waals surface area contributed by atoms with Crippen molar-refractivity contribution >= 4 is 22.0 Å². The van der Waals surface area contributed by atoms with Gasteiger partial charge in [0, 0.05) is 36.4 Å². The van der Waals surface area contributed by atoms with E-state index in [1.165, 1.54) is 12.4 Å². The third kappa shape index (κ3) is 4.86. The molecule has 3 aromatic rings. The third-order valence-electron chi connectivity index (χ3n) is 5.84. The molecule has 6 nitrogen and oxygen atoms in total. The molecule has 0 saturated heterocycles. The van der Waals surface area contributed by atoms with E-state index in [0.29, 0.717) is 5.82 Å². The summed E-state index contributed by atoms with van der Waals surface area (Å²) in [5, 5.41) is 0.933. The number of halogens is 3. The maximum Gasteiger partial charge on any atom is 0.404 e. The number of nitrogens with one attached hydrogen (secondary N) is 1. The van der Waals surface area contributed by atoms with Crippen molar-refractivity contribution in [1.29, 1.82) is 0 Å². The molecular formula is C24H26F3N5OS. The van der Waals surface area contributed by atoms with Crippen molar-refractivity contribution in [3.05, 3.63) is 35.8 Å². The second-order valence-corrected chi connectivity index (χ2v) is 9.75. The number of aryl methyl sites for hydroxylation is 1. The average molecular weight is 490 g/mol. The maximum absolute atomic E-state index is 12.8. The first-order valence-electron chi connectivity index (χ1n) is 11.3. The molecule has 1 aliphatic rings. The highest BCUT2D eigenvalue weighted by Gasteiger charge is 2.37. The minimum atomic E-state index is -4.50. The third-order valence-corrected chi connectivity index (χ3v) is 7.04. The Balaban J connectivity index is 1.79. The highest BCUT2D eigenvalue weighted by atomic mass is 32.2. The summed E-state index contributed by atoms with van der Waals surface area (Å²) in [7, 11) is -2.10. The van der Waals surface area contributed by atoms with Crippen molar-refractivity contribution in [3.63, 3.8) is 0 Å². The molecule has 180 valence electrons. The first kappa shape index (κ1) is 24.4. The van der Waals surface area contributed by atoms with Crippen LogP contribution in [0.4, 0.5) is 13.2 Å². The smallest absolute Gasteiger partial charge is 0.318 e. The summed E-state index contributed by atoms with van der Waals surface area (Å²) in [5.41, 5.74) is 3.38. The minimum Gasteiger partial charge on any atom is -0.318 e. The van der Waals surface area contributed by atoms with Gasteiger partial charge in [-0.05, 0) is 51.2 Å². The molecule has 2 atom stereocenters. The van der Waals surface area contributed by atoms with Crippen molar-refractivity contribution in [2.45, 2.75) is 76.0 Å². The molecule has 10 heteroatoms. The normalized spacial score (nSPS) is 16.1. The standard InChI is InChI=1S/C24H26F3N5OS/c1-4-5-6-10-19-20-11-15(2)12-30-23(20)32(17-8-7-9-17)21(19)22-28-13-18(14-29-22)34(33)31-16(3)24(25,26)27/h11-14,16-17,31H,4-5,7-9H2,1-3H3. The number of unbranched alkanes of at least 4 members (excludes halogenated alkanes) is 1. The summed E-state index contributed by atoms with van der Waals surface area (Å²) in [6.45, 7) is 4.96. The molecule has 2 unspecified atom stereocenters. The molecule has 0 aromatic carbocycles. The number of nitrogens with zero attached hydrogens (tertiary/aromatic N) is 4.